The van der Waals surface area contributed by atoms with Crippen molar-refractivity contribution in [1.29, 1.82) is 0 Å². The molecule has 2 nitrogen and oxygen atoms in total. The first kappa shape index (κ1) is 10.5. The molecular formula is C10H15ClN2. The van der Waals surface area contributed by atoms with Crippen molar-refractivity contribution in [1.82, 2.24) is 9.97 Å². The Balaban J connectivity index is 2.64. The van der Waals surface area contributed by atoms with Gasteiger partial charge in [-0.05, 0) is 18.9 Å². The largest absolute Gasteiger partial charge is 0.242 e. The summed E-state index contributed by atoms with van der Waals surface area (Å²) in [6.07, 6.45) is 2.60. The van der Waals surface area contributed by atoms with Crippen molar-refractivity contribution >= 4 is 11.6 Å². The number of alkyl halides is 1. The lowest BCUT2D eigenvalue weighted by molar-refractivity contribution is 0.589. The summed E-state index contributed by atoms with van der Waals surface area (Å²) in [6.45, 7) is 6.12. The third kappa shape index (κ3) is 3.31. The molecule has 0 saturated carbocycles. The summed E-state index contributed by atoms with van der Waals surface area (Å²) in [7, 11) is 0. The number of aromatic nitrogens is 2. The molecule has 0 aliphatic rings. The fourth-order valence-electron chi connectivity index (χ4n) is 1.05. The molecule has 1 aromatic heterocycles. The van der Waals surface area contributed by atoms with Crippen LogP contribution in [-0.2, 0) is 6.42 Å². The summed E-state index contributed by atoms with van der Waals surface area (Å²) in [5, 5.41) is 0.161. The van der Waals surface area contributed by atoms with Crippen molar-refractivity contribution < 1.29 is 0 Å². The summed E-state index contributed by atoms with van der Waals surface area (Å²) in [5.74, 6) is 1.29. The zero-order valence-corrected chi connectivity index (χ0v) is 9.04. The highest BCUT2D eigenvalue weighted by Gasteiger charge is 2.10. The van der Waals surface area contributed by atoms with Gasteiger partial charge in [-0.15, -0.1) is 11.6 Å². The van der Waals surface area contributed by atoms with E-state index < -0.39 is 0 Å². The van der Waals surface area contributed by atoms with Gasteiger partial charge in [-0.1, -0.05) is 13.8 Å². The monoisotopic (exact) mass is 198 g/mol. The van der Waals surface area contributed by atoms with E-state index in [-0.39, 0.29) is 5.38 Å². The van der Waals surface area contributed by atoms with Gasteiger partial charge in [-0.25, -0.2) is 9.97 Å². The summed E-state index contributed by atoms with van der Waals surface area (Å²) < 4.78 is 0. The number of hydrogen-bond acceptors (Lipinski definition) is 2. The lowest BCUT2D eigenvalue weighted by Crippen LogP contribution is -2.12. The van der Waals surface area contributed by atoms with Crippen molar-refractivity contribution in [3.8, 4) is 0 Å². The molecule has 0 radical (unpaired) electrons. The molecule has 0 N–H and O–H groups in total. The molecule has 0 amide bonds. The number of halogens is 1. The summed E-state index contributed by atoms with van der Waals surface area (Å²) in [4.78, 5) is 8.34. The third-order valence-electron chi connectivity index (χ3n) is 1.96. The maximum atomic E-state index is 6.14. The van der Waals surface area contributed by atoms with Crippen molar-refractivity contribution in [2.24, 2.45) is 5.92 Å². The van der Waals surface area contributed by atoms with Crippen LogP contribution in [0.25, 0.3) is 0 Å². The standard InChI is InChI=1S/C10H15ClN2/c1-7(2)10(11)6-9-4-5-12-8(3)13-9/h4-5,7,10H,6H2,1-3H3. The second-order valence-corrected chi connectivity index (χ2v) is 4.12. The van der Waals surface area contributed by atoms with E-state index in [1.807, 2.05) is 13.0 Å². The number of aryl methyl sites for hydroxylation is 1. The van der Waals surface area contributed by atoms with Crippen LogP contribution in [0.1, 0.15) is 25.4 Å². The highest BCUT2D eigenvalue weighted by Crippen LogP contribution is 2.14. The molecule has 0 fully saturated rings. The third-order valence-corrected chi connectivity index (χ3v) is 2.62. The van der Waals surface area contributed by atoms with Gasteiger partial charge in [0.05, 0.1) is 0 Å². The minimum atomic E-state index is 0.161. The van der Waals surface area contributed by atoms with E-state index in [4.69, 9.17) is 11.6 Å². The Morgan fingerprint density at radius 3 is 2.69 bits per heavy atom. The van der Waals surface area contributed by atoms with Crippen molar-refractivity contribution in [2.75, 3.05) is 0 Å². The molecule has 3 heteroatoms. The Morgan fingerprint density at radius 1 is 1.46 bits per heavy atom. The average Bonchev–Trinajstić information content (AvgIpc) is 2.04. The lowest BCUT2D eigenvalue weighted by atomic mass is 10.1. The molecule has 0 spiro atoms. The minimum Gasteiger partial charge on any atom is -0.242 e. The van der Waals surface area contributed by atoms with Crippen LogP contribution >= 0.6 is 11.6 Å². The van der Waals surface area contributed by atoms with Crippen LogP contribution in [0, 0.1) is 12.8 Å². The first-order chi connectivity index (χ1) is 6.09. The second-order valence-electron chi connectivity index (χ2n) is 3.56. The molecule has 72 valence electrons. The van der Waals surface area contributed by atoms with Gasteiger partial charge in [0.15, 0.2) is 0 Å². The van der Waals surface area contributed by atoms with Crippen LogP contribution in [-0.4, -0.2) is 15.3 Å². The van der Waals surface area contributed by atoms with Crippen LogP contribution < -0.4 is 0 Å². The van der Waals surface area contributed by atoms with Crippen molar-refractivity contribution in [3.05, 3.63) is 23.8 Å². The molecule has 1 aromatic rings. The van der Waals surface area contributed by atoms with E-state index in [9.17, 15) is 0 Å². The van der Waals surface area contributed by atoms with Crippen LogP contribution in [0.15, 0.2) is 12.3 Å². The van der Waals surface area contributed by atoms with E-state index in [0.717, 1.165) is 17.9 Å². The SMILES string of the molecule is Cc1nccc(CC(Cl)C(C)C)n1. The Bertz CT molecular complexity index is 273. The first-order valence-corrected chi connectivity index (χ1v) is 4.96. The molecule has 1 unspecified atom stereocenters. The fraction of sp³-hybridized carbons (Fsp3) is 0.600. The van der Waals surface area contributed by atoms with E-state index in [1.54, 1.807) is 6.20 Å². The van der Waals surface area contributed by atoms with Crippen LogP contribution in [0.3, 0.4) is 0 Å². The predicted molar refractivity (Wildman–Crippen MR) is 55.0 cm³/mol. The Morgan fingerprint density at radius 2 is 2.15 bits per heavy atom. The molecule has 1 atom stereocenters. The van der Waals surface area contributed by atoms with Gasteiger partial charge < -0.3 is 0 Å². The van der Waals surface area contributed by atoms with Gasteiger partial charge in [0.1, 0.15) is 5.82 Å². The minimum absolute atomic E-state index is 0.161. The zero-order chi connectivity index (χ0) is 9.84. The van der Waals surface area contributed by atoms with Gasteiger partial charge >= 0.3 is 0 Å². The molecule has 0 saturated heterocycles. The van der Waals surface area contributed by atoms with Gasteiger partial charge in [-0.2, -0.15) is 0 Å². The van der Waals surface area contributed by atoms with E-state index in [2.05, 4.69) is 23.8 Å². The maximum absolute atomic E-state index is 6.14. The number of hydrogen-bond donors (Lipinski definition) is 0. The molecule has 0 aromatic carbocycles. The average molecular weight is 199 g/mol. The smallest absolute Gasteiger partial charge is 0.125 e. The lowest BCUT2D eigenvalue weighted by Gasteiger charge is -2.12. The Labute approximate surface area is 84.4 Å². The predicted octanol–water partition coefficient (Wildman–Crippen LogP) is 2.59. The van der Waals surface area contributed by atoms with E-state index >= 15 is 0 Å². The van der Waals surface area contributed by atoms with Gasteiger partial charge in [0, 0.05) is 23.7 Å². The summed E-state index contributed by atoms with van der Waals surface area (Å²) >= 11 is 6.14. The van der Waals surface area contributed by atoms with Crippen LogP contribution in [0.2, 0.25) is 0 Å². The normalized spacial score (nSPS) is 13.3. The topological polar surface area (TPSA) is 25.8 Å². The van der Waals surface area contributed by atoms with Crippen molar-refractivity contribution in [3.63, 3.8) is 0 Å². The zero-order valence-electron chi connectivity index (χ0n) is 8.29. The molecule has 13 heavy (non-hydrogen) atoms. The molecule has 0 aliphatic carbocycles. The highest BCUT2D eigenvalue weighted by atomic mass is 35.5. The molecule has 0 bridgehead atoms. The van der Waals surface area contributed by atoms with Gasteiger partial charge in [0.25, 0.3) is 0 Å². The quantitative estimate of drug-likeness (QED) is 0.698. The summed E-state index contributed by atoms with van der Waals surface area (Å²) in [6, 6.07) is 1.92. The van der Waals surface area contributed by atoms with Crippen LogP contribution in [0.5, 0.6) is 0 Å². The second kappa shape index (κ2) is 4.56. The fourth-order valence-corrected chi connectivity index (χ4v) is 1.21. The number of nitrogens with zero attached hydrogens (tertiary/aromatic N) is 2. The first-order valence-electron chi connectivity index (χ1n) is 4.52. The molecule has 1 rings (SSSR count). The maximum Gasteiger partial charge on any atom is 0.125 e. The van der Waals surface area contributed by atoms with Gasteiger partial charge in [-0.3, -0.25) is 0 Å². The molecule has 1 heterocycles. The number of rotatable bonds is 3. The molecule has 0 aliphatic heterocycles. The van der Waals surface area contributed by atoms with Crippen molar-refractivity contribution in [2.45, 2.75) is 32.6 Å². The van der Waals surface area contributed by atoms with E-state index in [1.165, 1.54) is 0 Å². The van der Waals surface area contributed by atoms with E-state index in [0.29, 0.717) is 5.92 Å². The molecular weight excluding hydrogens is 184 g/mol. The Kier molecular flexibility index (Phi) is 3.67. The van der Waals surface area contributed by atoms with Gasteiger partial charge in [0.2, 0.25) is 0 Å². The summed E-state index contributed by atoms with van der Waals surface area (Å²) in [5.41, 5.74) is 1.03. The highest BCUT2D eigenvalue weighted by molar-refractivity contribution is 6.20. The Hall–Kier alpha value is -0.630. The van der Waals surface area contributed by atoms with Crippen LogP contribution in [0.4, 0.5) is 0 Å².